The third-order valence-corrected chi connectivity index (χ3v) is 4.09. The highest BCUT2D eigenvalue weighted by Gasteiger charge is 2.33. The second-order valence-electron chi connectivity index (χ2n) is 7.02. The van der Waals surface area contributed by atoms with Crippen molar-refractivity contribution in [1.82, 2.24) is 5.32 Å². The number of rotatable bonds is 9. The van der Waals surface area contributed by atoms with E-state index in [2.05, 4.69) is 26.1 Å². The fourth-order valence-corrected chi connectivity index (χ4v) is 2.89. The van der Waals surface area contributed by atoms with Crippen molar-refractivity contribution in [3.05, 3.63) is 0 Å². The van der Waals surface area contributed by atoms with E-state index in [4.69, 9.17) is 9.47 Å². The maximum absolute atomic E-state index is 5.58. The predicted octanol–water partition coefficient (Wildman–Crippen LogP) is 3.38. The van der Waals surface area contributed by atoms with Crippen LogP contribution >= 0.6 is 0 Å². The summed E-state index contributed by atoms with van der Waals surface area (Å²) in [6.07, 6.45) is 8.04. The maximum Gasteiger partial charge on any atom is 0.0700 e. The van der Waals surface area contributed by atoms with Crippen molar-refractivity contribution >= 4 is 0 Å². The summed E-state index contributed by atoms with van der Waals surface area (Å²) < 4.78 is 10.6. The molecule has 0 aliphatic heterocycles. The third-order valence-electron chi connectivity index (χ3n) is 4.09. The zero-order valence-electron chi connectivity index (χ0n) is 13.4. The monoisotopic (exact) mass is 271 g/mol. The lowest BCUT2D eigenvalue weighted by Crippen LogP contribution is -2.43. The average molecular weight is 271 g/mol. The van der Waals surface area contributed by atoms with E-state index >= 15 is 0 Å². The van der Waals surface area contributed by atoms with Gasteiger partial charge in [0.2, 0.25) is 0 Å². The first kappa shape index (κ1) is 16.9. The Bertz CT molecular complexity index is 229. The summed E-state index contributed by atoms with van der Waals surface area (Å²) in [4.78, 5) is 0. The van der Waals surface area contributed by atoms with Gasteiger partial charge in [-0.05, 0) is 51.9 Å². The molecular weight excluding hydrogens is 238 g/mol. The topological polar surface area (TPSA) is 30.5 Å². The Balaban J connectivity index is 2.24. The zero-order valence-corrected chi connectivity index (χ0v) is 13.4. The summed E-state index contributed by atoms with van der Waals surface area (Å²) in [6, 6.07) is 0. The molecule has 0 amide bonds. The standard InChI is InChI=1S/C16H33NO2/c1-15(2,3)17-14-16(8-5-6-9-16)10-7-11-19-13-12-18-4/h17H,5-14H2,1-4H3. The lowest BCUT2D eigenvalue weighted by Gasteiger charge is -2.33. The molecule has 1 aliphatic carbocycles. The molecule has 1 saturated carbocycles. The van der Waals surface area contributed by atoms with Gasteiger partial charge < -0.3 is 14.8 Å². The Kier molecular flexibility index (Phi) is 7.33. The molecule has 0 bridgehead atoms. The lowest BCUT2D eigenvalue weighted by atomic mass is 9.81. The minimum Gasteiger partial charge on any atom is -0.382 e. The molecule has 19 heavy (non-hydrogen) atoms. The molecule has 0 spiro atoms. The minimum atomic E-state index is 0.227. The highest BCUT2D eigenvalue weighted by Crippen LogP contribution is 2.41. The van der Waals surface area contributed by atoms with E-state index in [1.54, 1.807) is 7.11 Å². The number of nitrogens with one attached hydrogen (secondary N) is 1. The van der Waals surface area contributed by atoms with Crippen molar-refractivity contribution in [1.29, 1.82) is 0 Å². The average Bonchev–Trinajstić information content (AvgIpc) is 2.80. The Hall–Kier alpha value is -0.120. The first-order valence-electron chi connectivity index (χ1n) is 7.79. The van der Waals surface area contributed by atoms with Crippen LogP contribution in [0.3, 0.4) is 0 Å². The normalized spacial score (nSPS) is 18.9. The quantitative estimate of drug-likeness (QED) is 0.652. The molecule has 1 rings (SSSR count). The first-order valence-corrected chi connectivity index (χ1v) is 7.79. The van der Waals surface area contributed by atoms with E-state index in [1.165, 1.54) is 38.5 Å². The molecule has 1 fully saturated rings. The number of hydrogen-bond donors (Lipinski definition) is 1. The molecule has 0 aromatic heterocycles. The lowest BCUT2D eigenvalue weighted by molar-refractivity contribution is 0.0630. The van der Waals surface area contributed by atoms with Crippen molar-refractivity contribution in [3.63, 3.8) is 0 Å². The van der Waals surface area contributed by atoms with Crippen molar-refractivity contribution in [2.45, 2.75) is 64.8 Å². The molecule has 1 aliphatic rings. The summed E-state index contributed by atoms with van der Waals surface area (Å²) in [6.45, 7) is 10.2. The van der Waals surface area contributed by atoms with Crippen LogP contribution in [0, 0.1) is 5.41 Å². The van der Waals surface area contributed by atoms with E-state index in [9.17, 15) is 0 Å². The van der Waals surface area contributed by atoms with Crippen LogP contribution in [-0.4, -0.2) is 39.0 Å². The van der Waals surface area contributed by atoms with Gasteiger partial charge in [-0.15, -0.1) is 0 Å². The van der Waals surface area contributed by atoms with Gasteiger partial charge in [0.15, 0.2) is 0 Å². The molecule has 0 unspecified atom stereocenters. The van der Waals surface area contributed by atoms with Crippen molar-refractivity contribution in [2.24, 2.45) is 5.41 Å². The van der Waals surface area contributed by atoms with Crippen molar-refractivity contribution in [3.8, 4) is 0 Å². The second-order valence-corrected chi connectivity index (χ2v) is 7.02. The molecule has 0 radical (unpaired) electrons. The van der Waals surface area contributed by atoms with Gasteiger partial charge in [-0.1, -0.05) is 12.8 Å². The summed E-state index contributed by atoms with van der Waals surface area (Å²) in [7, 11) is 1.72. The minimum absolute atomic E-state index is 0.227. The van der Waals surface area contributed by atoms with Crippen LogP contribution in [-0.2, 0) is 9.47 Å². The van der Waals surface area contributed by atoms with Gasteiger partial charge in [0, 0.05) is 25.8 Å². The van der Waals surface area contributed by atoms with Gasteiger partial charge in [0.1, 0.15) is 0 Å². The van der Waals surface area contributed by atoms with Crippen LogP contribution in [0.2, 0.25) is 0 Å². The molecule has 3 heteroatoms. The fourth-order valence-electron chi connectivity index (χ4n) is 2.89. The Morgan fingerprint density at radius 3 is 2.32 bits per heavy atom. The van der Waals surface area contributed by atoms with Crippen LogP contribution in [0.15, 0.2) is 0 Å². The molecular formula is C16H33NO2. The first-order chi connectivity index (χ1) is 8.97. The number of ether oxygens (including phenoxy) is 2. The van der Waals surface area contributed by atoms with E-state index in [0.29, 0.717) is 12.0 Å². The summed E-state index contributed by atoms with van der Waals surface area (Å²) in [5, 5.41) is 3.71. The third kappa shape index (κ3) is 7.28. The van der Waals surface area contributed by atoms with Gasteiger partial charge >= 0.3 is 0 Å². The van der Waals surface area contributed by atoms with Gasteiger partial charge in [-0.2, -0.15) is 0 Å². The van der Waals surface area contributed by atoms with E-state index in [0.717, 1.165) is 19.8 Å². The number of methoxy groups -OCH3 is 1. The molecule has 1 N–H and O–H groups in total. The van der Waals surface area contributed by atoms with E-state index < -0.39 is 0 Å². The van der Waals surface area contributed by atoms with Gasteiger partial charge in [0.05, 0.1) is 13.2 Å². The van der Waals surface area contributed by atoms with Crippen molar-refractivity contribution < 1.29 is 9.47 Å². The second kappa shape index (κ2) is 8.23. The highest BCUT2D eigenvalue weighted by molar-refractivity contribution is 4.88. The van der Waals surface area contributed by atoms with Gasteiger partial charge in [-0.25, -0.2) is 0 Å². The van der Waals surface area contributed by atoms with Crippen LogP contribution in [0.25, 0.3) is 0 Å². The number of hydrogen-bond acceptors (Lipinski definition) is 3. The van der Waals surface area contributed by atoms with Gasteiger partial charge in [-0.3, -0.25) is 0 Å². The Labute approximate surface area is 119 Å². The molecule has 0 atom stereocenters. The predicted molar refractivity (Wildman–Crippen MR) is 80.6 cm³/mol. The molecule has 0 heterocycles. The Morgan fingerprint density at radius 2 is 1.74 bits per heavy atom. The van der Waals surface area contributed by atoms with Crippen LogP contribution in [0.4, 0.5) is 0 Å². The van der Waals surface area contributed by atoms with Gasteiger partial charge in [0.25, 0.3) is 0 Å². The largest absolute Gasteiger partial charge is 0.382 e. The molecule has 114 valence electrons. The summed E-state index contributed by atoms with van der Waals surface area (Å²) >= 11 is 0. The molecule has 0 aromatic carbocycles. The fraction of sp³-hybridized carbons (Fsp3) is 1.00. The van der Waals surface area contributed by atoms with Crippen molar-refractivity contribution in [2.75, 3.05) is 33.5 Å². The smallest absolute Gasteiger partial charge is 0.0700 e. The van der Waals surface area contributed by atoms with Crippen LogP contribution in [0.5, 0.6) is 0 Å². The SMILES string of the molecule is COCCOCCCC1(CNC(C)(C)C)CCCC1. The molecule has 3 nitrogen and oxygen atoms in total. The molecule has 0 saturated heterocycles. The summed E-state index contributed by atoms with van der Waals surface area (Å²) in [5.41, 5.74) is 0.752. The zero-order chi connectivity index (χ0) is 14.2. The van der Waals surface area contributed by atoms with Crippen LogP contribution in [0.1, 0.15) is 59.3 Å². The van der Waals surface area contributed by atoms with E-state index in [1.807, 2.05) is 0 Å². The highest BCUT2D eigenvalue weighted by atomic mass is 16.5. The molecule has 0 aromatic rings. The Morgan fingerprint density at radius 1 is 1.05 bits per heavy atom. The summed E-state index contributed by atoms with van der Waals surface area (Å²) in [5.74, 6) is 0. The maximum atomic E-state index is 5.58. The van der Waals surface area contributed by atoms with Crippen LogP contribution < -0.4 is 5.32 Å². The van der Waals surface area contributed by atoms with E-state index in [-0.39, 0.29) is 5.54 Å².